The van der Waals surface area contributed by atoms with E-state index in [1.54, 1.807) is 23.1 Å². The van der Waals surface area contributed by atoms with Crippen LogP contribution in [0.2, 0.25) is 0 Å². The van der Waals surface area contributed by atoms with Crippen LogP contribution in [-0.2, 0) is 19.1 Å². The maximum Gasteiger partial charge on any atom is 0.308 e. The Morgan fingerprint density at radius 2 is 1.91 bits per heavy atom. The SMILES string of the molecule is COc1cc([C@@H]2C3=C(CCCC3=O)N=C(C)C2C(=O)N2CCOCC2)ccc1OC(C)=O. The summed E-state index contributed by atoms with van der Waals surface area (Å²) in [7, 11) is 1.49. The third kappa shape index (κ3) is 4.19. The molecule has 1 saturated heterocycles. The van der Waals surface area contributed by atoms with Crippen LogP contribution in [-0.4, -0.2) is 61.7 Å². The average Bonchev–Trinajstić information content (AvgIpc) is 2.78. The molecule has 0 radical (unpaired) electrons. The summed E-state index contributed by atoms with van der Waals surface area (Å²) in [5.74, 6) is -0.845. The van der Waals surface area contributed by atoms with Gasteiger partial charge >= 0.3 is 5.97 Å². The van der Waals surface area contributed by atoms with Gasteiger partial charge in [0.15, 0.2) is 17.3 Å². The molecule has 1 amide bonds. The number of hydrogen-bond donors (Lipinski definition) is 0. The van der Waals surface area contributed by atoms with Gasteiger partial charge in [-0.25, -0.2) is 0 Å². The van der Waals surface area contributed by atoms with Gasteiger partial charge in [0.25, 0.3) is 0 Å². The molecule has 1 fully saturated rings. The number of allylic oxidation sites excluding steroid dienone is 2. The van der Waals surface area contributed by atoms with Gasteiger partial charge < -0.3 is 19.1 Å². The quantitative estimate of drug-likeness (QED) is 0.528. The van der Waals surface area contributed by atoms with Crippen molar-refractivity contribution >= 4 is 23.4 Å². The van der Waals surface area contributed by atoms with E-state index in [1.807, 2.05) is 6.92 Å². The smallest absolute Gasteiger partial charge is 0.308 e. The van der Waals surface area contributed by atoms with Gasteiger partial charge in [-0.1, -0.05) is 6.07 Å². The highest BCUT2D eigenvalue weighted by Crippen LogP contribution is 2.45. The molecule has 1 aromatic carbocycles. The number of nitrogens with zero attached hydrogens (tertiary/aromatic N) is 2. The molecule has 2 aliphatic heterocycles. The lowest BCUT2D eigenvalue weighted by Crippen LogP contribution is -2.48. The molecule has 0 spiro atoms. The number of amides is 1. The number of carbonyl (C=O) groups is 3. The first-order chi connectivity index (χ1) is 15.4. The van der Waals surface area contributed by atoms with E-state index in [4.69, 9.17) is 19.2 Å². The summed E-state index contributed by atoms with van der Waals surface area (Å²) in [6, 6.07) is 5.21. The summed E-state index contributed by atoms with van der Waals surface area (Å²) in [5, 5.41) is 0. The van der Waals surface area contributed by atoms with Crippen molar-refractivity contribution in [3.8, 4) is 11.5 Å². The number of Topliss-reactive ketones (excluding diaryl/α,β-unsaturated/α-hetero) is 1. The van der Waals surface area contributed by atoms with Crippen molar-refractivity contribution in [2.75, 3.05) is 33.4 Å². The minimum atomic E-state index is -0.585. The highest BCUT2D eigenvalue weighted by atomic mass is 16.6. The predicted molar refractivity (Wildman–Crippen MR) is 117 cm³/mol. The topological polar surface area (TPSA) is 94.5 Å². The number of ether oxygens (including phenoxy) is 3. The van der Waals surface area contributed by atoms with Gasteiger partial charge in [0.05, 0.1) is 26.2 Å². The second kappa shape index (κ2) is 9.24. The van der Waals surface area contributed by atoms with Crippen LogP contribution in [0.3, 0.4) is 0 Å². The number of aliphatic imine (C=N–C) groups is 1. The van der Waals surface area contributed by atoms with Crippen molar-refractivity contribution in [3.63, 3.8) is 0 Å². The van der Waals surface area contributed by atoms with Crippen molar-refractivity contribution in [2.45, 2.75) is 39.0 Å². The summed E-state index contributed by atoms with van der Waals surface area (Å²) in [4.78, 5) is 44.7. The number of carbonyl (C=O) groups excluding carboxylic acids is 3. The monoisotopic (exact) mass is 440 g/mol. The maximum atomic E-state index is 13.7. The normalized spacial score (nSPS) is 23.4. The van der Waals surface area contributed by atoms with Crippen LogP contribution in [0.1, 0.15) is 44.6 Å². The van der Waals surface area contributed by atoms with Gasteiger partial charge in [-0.3, -0.25) is 19.4 Å². The molecular formula is C24H28N2O6. The van der Waals surface area contributed by atoms with E-state index >= 15 is 0 Å². The Kier molecular flexibility index (Phi) is 6.41. The number of ketones is 1. The van der Waals surface area contributed by atoms with E-state index in [-0.39, 0.29) is 11.7 Å². The Morgan fingerprint density at radius 3 is 2.59 bits per heavy atom. The molecule has 2 heterocycles. The lowest BCUT2D eigenvalue weighted by molar-refractivity contribution is -0.138. The fraction of sp³-hybridized carbons (Fsp3) is 0.500. The van der Waals surface area contributed by atoms with Crippen LogP contribution in [0.5, 0.6) is 11.5 Å². The first kappa shape index (κ1) is 22.2. The lowest BCUT2D eigenvalue weighted by atomic mass is 9.71. The van der Waals surface area contributed by atoms with E-state index in [9.17, 15) is 14.4 Å². The van der Waals surface area contributed by atoms with Crippen LogP contribution in [0.4, 0.5) is 0 Å². The van der Waals surface area contributed by atoms with Crippen molar-refractivity contribution in [1.29, 1.82) is 0 Å². The van der Waals surface area contributed by atoms with E-state index in [2.05, 4.69) is 0 Å². The molecule has 1 aliphatic carbocycles. The molecule has 1 aromatic rings. The molecule has 32 heavy (non-hydrogen) atoms. The highest BCUT2D eigenvalue weighted by Gasteiger charge is 2.44. The van der Waals surface area contributed by atoms with Crippen LogP contribution in [0, 0.1) is 5.92 Å². The summed E-state index contributed by atoms with van der Waals surface area (Å²) in [6.07, 6.45) is 1.93. The zero-order valence-corrected chi connectivity index (χ0v) is 18.7. The average molecular weight is 440 g/mol. The van der Waals surface area contributed by atoms with Gasteiger partial charge in [0.1, 0.15) is 0 Å². The van der Waals surface area contributed by atoms with Crippen LogP contribution < -0.4 is 9.47 Å². The molecule has 8 heteroatoms. The molecule has 170 valence electrons. The number of morpholine rings is 1. The second-order valence-electron chi connectivity index (χ2n) is 8.29. The van der Waals surface area contributed by atoms with E-state index in [0.29, 0.717) is 55.5 Å². The van der Waals surface area contributed by atoms with Crippen LogP contribution in [0.15, 0.2) is 34.5 Å². The zero-order valence-electron chi connectivity index (χ0n) is 18.7. The number of benzene rings is 1. The van der Waals surface area contributed by atoms with E-state index < -0.39 is 17.8 Å². The van der Waals surface area contributed by atoms with Crippen molar-refractivity contribution in [3.05, 3.63) is 35.0 Å². The first-order valence-corrected chi connectivity index (χ1v) is 10.9. The van der Waals surface area contributed by atoms with Gasteiger partial charge in [-0.2, -0.15) is 0 Å². The molecular weight excluding hydrogens is 412 g/mol. The number of esters is 1. The Balaban J connectivity index is 1.81. The van der Waals surface area contributed by atoms with Crippen LogP contribution >= 0.6 is 0 Å². The predicted octanol–water partition coefficient (Wildman–Crippen LogP) is 2.66. The number of rotatable bonds is 4. The molecule has 0 bridgehead atoms. The van der Waals surface area contributed by atoms with E-state index in [0.717, 1.165) is 24.1 Å². The largest absolute Gasteiger partial charge is 0.493 e. The summed E-state index contributed by atoms with van der Waals surface area (Å²) >= 11 is 0. The lowest BCUT2D eigenvalue weighted by Gasteiger charge is -2.38. The first-order valence-electron chi connectivity index (χ1n) is 10.9. The summed E-state index contributed by atoms with van der Waals surface area (Å²) in [5.41, 5.74) is 2.87. The fourth-order valence-electron chi connectivity index (χ4n) is 4.78. The molecule has 0 aromatic heterocycles. The standard InChI is InChI=1S/C24H28N2O6/c1-14-21(24(29)26-9-11-31-12-10-26)22(23-17(25-14)5-4-6-18(23)28)16-7-8-19(32-15(2)27)20(13-16)30-3/h7-8,13,21-22H,4-6,9-12H2,1-3H3/t21?,22-/m0/s1. The van der Waals surface area contributed by atoms with Crippen LogP contribution in [0.25, 0.3) is 0 Å². The summed E-state index contributed by atoms with van der Waals surface area (Å²) < 4.78 is 16.1. The van der Waals surface area contributed by atoms with Crippen molar-refractivity contribution < 1.29 is 28.6 Å². The Bertz CT molecular complexity index is 1010. The molecule has 2 atom stereocenters. The van der Waals surface area contributed by atoms with Crippen molar-refractivity contribution in [1.82, 2.24) is 4.90 Å². The van der Waals surface area contributed by atoms with Gasteiger partial charge in [-0.15, -0.1) is 0 Å². The van der Waals surface area contributed by atoms with Crippen molar-refractivity contribution in [2.24, 2.45) is 10.9 Å². The molecule has 0 N–H and O–H groups in total. The van der Waals surface area contributed by atoms with Gasteiger partial charge in [-0.05, 0) is 37.5 Å². The molecule has 1 unspecified atom stereocenters. The Morgan fingerprint density at radius 1 is 1.16 bits per heavy atom. The molecule has 3 aliphatic rings. The molecule has 8 nitrogen and oxygen atoms in total. The highest BCUT2D eigenvalue weighted by molar-refractivity contribution is 6.10. The van der Waals surface area contributed by atoms with E-state index in [1.165, 1.54) is 14.0 Å². The fourth-order valence-corrected chi connectivity index (χ4v) is 4.78. The Hall–Kier alpha value is -3.00. The second-order valence-corrected chi connectivity index (χ2v) is 8.29. The molecule has 4 rings (SSSR count). The van der Waals surface area contributed by atoms with Gasteiger partial charge in [0, 0.05) is 49.3 Å². The third-order valence-corrected chi connectivity index (χ3v) is 6.22. The van der Waals surface area contributed by atoms with Gasteiger partial charge in [0.2, 0.25) is 5.91 Å². The minimum absolute atomic E-state index is 0.0373. The number of hydrogen-bond acceptors (Lipinski definition) is 7. The molecule has 0 saturated carbocycles. The summed E-state index contributed by atoms with van der Waals surface area (Å²) in [6.45, 7) is 5.22. The minimum Gasteiger partial charge on any atom is -0.493 e. The maximum absolute atomic E-state index is 13.7. The number of methoxy groups -OCH3 is 1. The zero-order chi connectivity index (χ0) is 22.8. The Labute approximate surface area is 187 Å². The third-order valence-electron chi connectivity index (χ3n) is 6.22.